The number of hydrogen-bond donors (Lipinski definition) is 1. The quantitative estimate of drug-likeness (QED) is 0.492. The van der Waals surface area contributed by atoms with Crippen molar-refractivity contribution in [3.8, 4) is 0 Å². The first-order valence-electron chi connectivity index (χ1n) is 7.46. The van der Waals surface area contributed by atoms with Gasteiger partial charge in [0.1, 0.15) is 0 Å². The Balaban J connectivity index is 1.96. The van der Waals surface area contributed by atoms with Crippen LogP contribution in [-0.4, -0.2) is 24.7 Å². The third kappa shape index (κ3) is 4.95. The van der Waals surface area contributed by atoms with E-state index in [-0.39, 0.29) is 5.69 Å². The Morgan fingerprint density at radius 3 is 2.29 bits per heavy atom. The van der Waals surface area contributed by atoms with Crippen LogP contribution in [0.15, 0.2) is 59.7 Å². The summed E-state index contributed by atoms with van der Waals surface area (Å²) in [4.78, 5) is 12.2. The monoisotopic (exact) mass is 324 g/mol. The lowest BCUT2D eigenvalue weighted by atomic mass is 10.2. The Labute approximate surface area is 141 Å². The van der Waals surface area contributed by atoms with Crippen molar-refractivity contribution in [1.29, 1.82) is 0 Å². The lowest BCUT2D eigenvalue weighted by Crippen LogP contribution is -2.07. The molecule has 0 atom stereocenters. The standard InChI is InChI=1S/C18H20N4O2/c1-14(4-5-15-6-10-17(11-7-15)21(2)3)19-20-16-8-12-18(13-9-16)22(23)24/h4-13,20H,1-3H3/b5-4+,19-14+. The molecule has 0 spiro atoms. The summed E-state index contributed by atoms with van der Waals surface area (Å²) in [5.74, 6) is 0. The van der Waals surface area contributed by atoms with Gasteiger partial charge >= 0.3 is 0 Å². The minimum absolute atomic E-state index is 0.0577. The van der Waals surface area contributed by atoms with Gasteiger partial charge in [0.05, 0.1) is 16.3 Å². The molecule has 0 aliphatic carbocycles. The van der Waals surface area contributed by atoms with E-state index in [1.807, 2.05) is 50.2 Å². The molecule has 2 rings (SSSR count). The summed E-state index contributed by atoms with van der Waals surface area (Å²) in [6, 6.07) is 14.3. The number of nitro groups is 1. The van der Waals surface area contributed by atoms with Crippen LogP contribution in [-0.2, 0) is 0 Å². The molecule has 0 aliphatic rings. The Kier molecular flexibility index (Phi) is 5.68. The van der Waals surface area contributed by atoms with Crippen molar-refractivity contribution in [1.82, 2.24) is 0 Å². The van der Waals surface area contributed by atoms with Crippen molar-refractivity contribution in [3.63, 3.8) is 0 Å². The Hall–Kier alpha value is -3.15. The fourth-order valence-corrected chi connectivity index (χ4v) is 1.95. The first-order valence-corrected chi connectivity index (χ1v) is 7.46. The number of hydrazone groups is 1. The van der Waals surface area contributed by atoms with Gasteiger partial charge in [-0.15, -0.1) is 0 Å². The van der Waals surface area contributed by atoms with E-state index in [4.69, 9.17) is 0 Å². The van der Waals surface area contributed by atoms with Crippen LogP contribution in [0.3, 0.4) is 0 Å². The minimum Gasteiger partial charge on any atom is -0.378 e. The van der Waals surface area contributed by atoms with E-state index in [9.17, 15) is 10.1 Å². The van der Waals surface area contributed by atoms with Gasteiger partial charge in [-0.1, -0.05) is 18.2 Å². The van der Waals surface area contributed by atoms with Gasteiger partial charge in [0.15, 0.2) is 0 Å². The summed E-state index contributed by atoms with van der Waals surface area (Å²) >= 11 is 0. The molecule has 6 nitrogen and oxygen atoms in total. The molecule has 0 amide bonds. The molecule has 0 unspecified atom stereocenters. The van der Waals surface area contributed by atoms with E-state index >= 15 is 0 Å². The molecular formula is C18H20N4O2. The number of rotatable bonds is 6. The van der Waals surface area contributed by atoms with Gasteiger partial charge < -0.3 is 4.90 Å². The summed E-state index contributed by atoms with van der Waals surface area (Å²) in [7, 11) is 4.01. The summed E-state index contributed by atoms with van der Waals surface area (Å²) in [6.07, 6.45) is 3.89. The predicted molar refractivity (Wildman–Crippen MR) is 99.6 cm³/mol. The van der Waals surface area contributed by atoms with Crippen molar-refractivity contribution in [2.24, 2.45) is 5.10 Å². The van der Waals surface area contributed by atoms with E-state index in [0.29, 0.717) is 5.69 Å². The highest BCUT2D eigenvalue weighted by atomic mass is 16.6. The molecule has 0 saturated heterocycles. The molecule has 2 aromatic carbocycles. The maximum atomic E-state index is 10.6. The molecule has 0 saturated carbocycles. The first kappa shape index (κ1) is 17.2. The third-order valence-electron chi connectivity index (χ3n) is 3.37. The van der Waals surface area contributed by atoms with Crippen LogP contribution in [0.5, 0.6) is 0 Å². The van der Waals surface area contributed by atoms with Gasteiger partial charge in [-0.2, -0.15) is 5.10 Å². The van der Waals surface area contributed by atoms with Crippen LogP contribution in [0.4, 0.5) is 17.1 Å². The van der Waals surface area contributed by atoms with Gasteiger partial charge in [0.25, 0.3) is 5.69 Å². The first-order chi connectivity index (χ1) is 11.5. The number of benzene rings is 2. The molecule has 0 bridgehead atoms. The van der Waals surface area contributed by atoms with E-state index in [1.54, 1.807) is 12.1 Å². The summed E-state index contributed by atoms with van der Waals surface area (Å²) < 4.78 is 0. The van der Waals surface area contributed by atoms with E-state index < -0.39 is 4.92 Å². The van der Waals surface area contributed by atoms with Crippen LogP contribution < -0.4 is 10.3 Å². The Morgan fingerprint density at radius 2 is 1.75 bits per heavy atom. The largest absolute Gasteiger partial charge is 0.378 e. The van der Waals surface area contributed by atoms with Gasteiger partial charge in [0, 0.05) is 31.9 Å². The number of hydrogen-bond acceptors (Lipinski definition) is 5. The molecule has 124 valence electrons. The minimum atomic E-state index is -0.428. The zero-order chi connectivity index (χ0) is 17.5. The molecule has 24 heavy (non-hydrogen) atoms. The summed E-state index contributed by atoms with van der Waals surface area (Å²) in [5.41, 5.74) is 6.67. The van der Waals surface area contributed by atoms with Crippen LogP contribution in [0, 0.1) is 10.1 Å². The molecule has 2 aromatic rings. The Morgan fingerprint density at radius 1 is 1.12 bits per heavy atom. The number of allylic oxidation sites excluding steroid dienone is 1. The fraction of sp³-hybridized carbons (Fsp3) is 0.167. The van der Waals surface area contributed by atoms with Crippen molar-refractivity contribution in [2.75, 3.05) is 24.4 Å². The fourth-order valence-electron chi connectivity index (χ4n) is 1.95. The normalized spacial score (nSPS) is 11.5. The molecule has 6 heteroatoms. The van der Waals surface area contributed by atoms with E-state index in [1.165, 1.54) is 12.1 Å². The zero-order valence-corrected chi connectivity index (χ0v) is 13.9. The lowest BCUT2D eigenvalue weighted by molar-refractivity contribution is -0.384. The second-order valence-corrected chi connectivity index (χ2v) is 5.49. The molecule has 0 aliphatic heterocycles. The second-order valence-electron chi connectivity index (χ2n) is 5.49. The van der Waals surface area contributed by atoms with Crippen LogP contribution in [0.1, 0.15) is 12.5 Å². The highest BCUT2D eigenvalue weighted by molar-refractivity contribution is 5.96. The smallest absolute Gasteiger partial charge is 0.269 e. The zero-order valence-electron chi connectivity index (χ0n) is 13.9. The van der Waals surface area contributed by atoms with Gasteiger partial charge in [-0.25, -0.2) is 0 Å². The predicted octanol–water partition coefficient (Wildman–Crippen LogP) is 4.16. The number of nitrogens with zero attached hydrogens (tertiary/aromatic N) is 3. The van der Waals surface area contributed by atoms with E-state index in [0.717, 1.165) is 17.0 Å². The average molecular weight is 324 g/mol. The van der Waals surface area contributed by atoms with Crippen molar-refractivity contribution in [2.45, 2.75) is 6.92 Å². The molecule has 1 N–H and O–H groups in total. The number of nitrogens with one attached hydrogen (secondary N) is 1. The van der Waals surface area contributed by atoms with Crippen LogP contribution >= 0.6 is 0 Å². The van der Waals surface area contributed by atoms with Crippen molar-refractivity contribution in [3.05, 3.63) is 70.3 Å². The van der Waals surface area contributed by atoms with Crippen molar-refractivity contribution >= 4 is 28.8 Å². The number of non-ortho nitro benzene ring substituents is 1. The maximum absolute atomic E-state index is 10.6. The topological polar surface area (TPSA) is 70.8 Å². The maximum Gasteiger partial charge on any atom is 0.269 e. The van der Waals surface area contributed by atoms with Crippen LogP contribution in [0.25, 0.3) is 6.08 Å². The van der Waals surface area contributed by atoms with Gasteiger partial charge in [-0.3, -0.25) is 15.5 Å². The number of anilines is 2. The average Bonchev–Trinajstić information content (AvgIpc) is 2.58. The highest BCUT2D eigenvalue weighted by Gasteiger charge is 2.02. The highest BCUT2D eigenvalue weighted by Crippen LogP contribution is 2.15. The third-order valence-corrected chi connectivity index (χ3v) is 3.37. The SMILES string of the molecule is CC(/C=C/c1ccc(N(C)C)cc1)=N\Nc1ccc([N+](=O)[O-])cc1. The van der Waals surface area contributed by atoms with E-state index in [2.05, 4.69) is 22.7 Å². The number of nitro benzene ring substituents is 1. The lowest BCUT2D eigenvalue weighted by Gasteiger charge is -2.11. The Bertz CT molecular complexity index is 748. The molecule has 0 radical (unpaired) electrons. The van der Waals surface area contributed by atoms with Crippen molar-refractivity contribution < 1.29 is 4.92 Å². The van der Waals surface area contributed by atoms with Crippen LogP contribution in [0.2, 0.25) is 0 Å². The molecule has 0 fully saturated rings. The molecule has 0 heterocycles. The van der Waals surface area contributed by atoms with Gasteiger partial charge in [-0.05, 0) is 42.8 Å². The molecule has 0 aromatic heterocycles. The second kappa shape index (κ2) is 7.92. The summed E-state index contributed by atoms with van der Waals surface area (Å²) in [5, 5.41) is 14.8. The molecular weight excluding hydrogens is 304 g/mol. The summed E-state index contributed by atoms with van der Waals surface area (Å²) in [6.45, 7) is 1.88. The van der Waals surface area contributed by atoms with Gasteiger partial charge in [0.2, 0.25) is 0 Å².